The lowest BCUT2D eigenvalue weighted by Gasteiger charge is -2.04. The number of rotatable bonds is 1. The van der Waals surface area contributed by atoms with Gasteiger partial charge in [0, 0.05) is 5.56 Å². The van der Waals surface area contributed by atoms with E-state index in [0.717, 1.165) is 11.1 Å². The van der Waals surface area contributed by atoms with Crippen molar-refractivity contribution in [3.63, 3.8) is 0 Å². The second kappa shape index (κ2) is 4.04. The molecule has 1 radical (unpaired) electrons. The van der Waals surface area contributed by atoms with E-state index in [2.05, 4.69) is 6.07 Å². The summed E-state index contributed by atoms with van der Waals surface area (Å²) in [6.45, 7) is 0. The monoisotopic (exact) mass is 221 g/mol. The van der Waals surface area contributed by atoms with Gasteiger partial charge < -0.3 is 0 Å². The fourth-order valence-electron chi connectivity index (χ4n) is 1.27. The van der Waals surface area contributed by atoms with Crippen LogP contribution in [0.3, 0.4) is 0 Å². The zero-order valence-corrected chi connectivity index (χ0v) is 8.81. The highest BCUT2D eigenvalue weighted by molar-refractivity contribution is 6.43. The van der Waals surface area contributed by atoms with E-state index in [-0.39, 0.29) is 0 Å². The largest absolute Gasteiger partial charge is 0.0827 e. The van der Waals surface area contributed by atoms with E-state index >= 15 is 0 Å². The van der Waals surface area contributed by atoms with Gasteiger partial charge in [-0.2, -0.15) is 0 Å². The summed E-state index contributed by atoms with van der Waals surface area (Å²) < 4.78 is 0. The Hall–Kier alpha value is -0.980. The molecule has 0 aliphatic heterocycles. The predicted molar refractivity (Wildman–Crippen MR) is 60.7 cm³/mol. The molecule has 2 aromatic rings. The van der Waals surface area contributed by atoms with Crippen molar-refractivity contribution in [2.45, 2.75) is 0 Å². The summed E-state index contributed by atoms with van der Waals surface area (Å²) >= 11 is 12.0. The molecule has 0 amide bonds. The first-order valence-corrected chi connectivity index (χ1v) is 4.96. The standard InChI is InChI=1S/C12H7Cl2/c13-11-8-4-7-10(12(11)14)9-5-2-1-3-6-9/h1-5,7-8H. The third-order valence-corrected chi connectivity index (χ3v) is 2.77. The summed E-state index contributed by atoms with van der Waals surface area (Å²) in [5, 5.41) is 1.15. The van der Waals surface area contributed by atoms with Gasteiger partial charge in [0.15, 0.2) is 0 Å². The lowest BCUT2D eigenvalue weighted by molar-refractivity contribution is 1.61. The van der Waals surface area contributed by atoms with Gasteiger partial charge in [0.25, 0.3) is 0 Å². The Morgan fingerprint density at radius 3 is 2.50 bits per heavy atom. The first-order chi connectivity index (χ1) is 6.79. The van der Waals surface area contributed by atoms with Crippen molar-refractivity contribution in [1.29, 1.82) is 0 Å². The zero-order valence-electron chi connectivity index (χ0n) is 7.30. The molecule has 2 aromatic carbocycles. The van der Waals surface area contributed by atoms with Gasteiger partial charge in [-0.05, 0) is 17.7 Å². The maximum Gasteiger partial charge on any atom is 0.0670 e. The maximum absolute atomic E-state index is 6.08. The van der Waals surface area contributed by atoms with Crippen LogP contribution in [-0.2, 0) is 0 Å². The van der Waals surface area contributed by atoms with Crippen molar-refractivity contribution in [2.75, 3.05) is 0 Å². The van der Waals surface area contributed by atoms with Crippen LogP contribution in [0.5, 0.6) is 0 Å². The highest BCUT2D eigenvalue weighted by Crippen LogP contribution is 2.32. The normalized spacial score (nSPS) is 10.1. The Labute approximate surface area is 93.1 Å². The van der Waals surface area contributed by atoms with Crippen LogP contribution < -0.4 is 0 Å². The quantitative estimate of drug-likeness (QED) is 0.668. The van der Waals surface area contributed by atoms with Crippen LogP contribution in [-0.4, -0.2) is 0 Å². The molecule has 0 N–H and O–H groups in total. The van der Waals surface area contributed by atoms with E-state index in [1.54, 1.807) is 6.07 Å². The second-order valence-corrected chi connectivity index (χ2v) is 3.66. The van der Waals surface area contributed by atoms with E-state index in [9.17, 15) is 0 Å². The Morgan fingerprint density at radius 1 is 0.929 bits per heavy atom. The lowest BCUT2D eigenvalue weighted by atomic mass is 10.1. The molecule has 14 heavy (non-hydrogen) atoms. The average Bonchev–Trinajstić information content (AvgIpc) is 2.23. The van der Waals surface area contributed by atoms with Crippen molar-refractivity contribution < 1.29 is 0 Å². The molecule has 0 aromatic heterocycles. The molecule has 0 saturated carbocycles. The van der Waals surface area contributed by atoms with Gasteiger partial charge in [-0.3, -0.25) is 0 Å². The van der Waals surface area contributed by atoms with Gasteiger partial charge in [0.05, 0.1) is 10.0 Å². The van der Waals surface area contributed by atoms with E-state index in [4.69, 9.17) is 23.2 Å². The molecule has 0 aliphatic rings. The molecule has 0 bridgehead atoms. The summed E-state index contributed by atoms with van der Waals surface area (Å²) in [4.78, 5) is 0. The molecule has 0 saturated heterocycles. The molecular weight excluding hydrogens is 215 g/mol. The van der Waals surface area contributed by atoms with Gasteiger partial charge in [0.1, 0.15) is 0 Å². The molecule has 0 spiro atoms. The summed E-state index contributed by atoms with van der Waals surface area (Å²) in [5.74, 6) is 0. The highest BCUT2D eigenvalue weighted by Gasteiger charge is 2.05. The Morgan fingerprint density at radius 2 is 1.79 bits per heavy atom. The number of benzene rings is 2. The van der Waals surface area contributed by atoms with Gasteiger partial charge in [-0.15, -0.1) is 0 Å². The fourth-order valence-corrected chi connectivity index (χ4v) is 1.68. The van der Waals surface area contributed by atoms with E-state index in [1.165, 1.54) is 0 Å². The third kappa shape index (κ3) is 1.77. The smallest absolute Gasteiger partial charge is 0.0670 e. The van der Waals surface area contributed by atoms with Gasteiger partial charge in [-0.25, -0.2) is 0 Å². The summed E-state index contributed by atoms with van der Waals surface area (Å²) in [5.41, 5.74) is 1.87. The summed E-state index contributed by atoms with van der Waals surface area (Å²) in [7, 11) is 0. The van der Waals surface area contributed by atoms with Crippen molar-refractivity contribution in [3.05, 3.63) is 58.6 Å². The Bertz CT molecular complexity index is 435. The minimum Gasteiger partial charge on any atom is -0.0827 e. The number of hydrogen-bond acceptors (Lipinski definition) is 0. The van der Waals surface area contributed by atoms with E-state index in [1.807, 2.05) is 36.4 Å². The first-order valence-electron chi connectivity index (χ1n) is 4.20. The number of hydrogen-bond donors (Lipinski definition) is 0. The molecular formula is C12H7Cl2. The van der Waals surface area contributed by atoms with Crippen LogP contribution >= 0.6 is 23.2 Å². The topological polar surface area (TPSA) is 0 Å². The van der Waals surface area contributed by atoms with Crippen molar-refractivity contribution in [3.8, 4) is 11.1 Å². The van der Waals surface area contributed by atoms with Crippen LogP contribution in [0.15, 0.2) is 42.5 Å². The zero-order chi connectivity index (χ0) is 9.97. The Kier molecular flexibility index (Phi) is 2.76. The lowest BCUT2D eigenvalue weighted by Crippen LogP contribution is -1.79. The average molecular weight is 222 g/mol. The van der Waals surface area contributed by atoms with E-state index in [0.29, 0.717) is 10.0 Å². The molecule has 0 nitrogen and oxygen atoms in total. The fraction of sp³-hybridized carbons (Fsp3) is 0. The SMILES string of the molecule is Clc1cccc(-c2[c]cccc2)c1Cl. The predicted octanol–water partition coefficient (Wildman–Crippen LogP) is 4.46. The third-order valence-electron chi connectivity index (χ3n) is 1.95. The molecule has 0 fully saturated rings. The number of halogens is 2. The van der Waals surface area contributed by atoms with Crippen LogP contribution in [0.1, 0.15) is 0 Å². The summed E-state index contributed by atoms with van der Waals surface area (Å²) in [6.07, 6.45) is 0. The van der Waals surface area contributed by atoms with Gasteiger partial charge >= 0.3 is 0 Å². The van der Waals surface area contributed by atoms with Crippen LogP contribution in [0.25, 0.3) is 11.1 Å². The Balaban J connectivity index is 2.58. The first kappa shape index (κ1) is 9.57. The maximum atomic E-state index is 6.08. The summed E-state index contributed by atoms with van der Waals surface area (Å²) in [6, 6.07) is 16.4. The molecule has 69 valence electrons. The van der Waals surface area contributed by atoms with Crippen molar-refractivity contribution in [1.82, 2.24) is 0 Å². The molecule has 2 heteroatoms. The van der Waals surface area contributed by atoms with Gasteiger partial charge in [0.2, 0.25) is 0 Å². The van der Waals surface area contributed by atoms with Gasteiger partial charge in [-0.1, -0.05) is 59.6 Å². The van der Waals surface area contributed by atoms with Crippen LogP contribution in [0, 0.1) is 6.07 Å². The van der Waals surface area contributed by atoms with Crippen LogP contribution in [0.4, 0.5) is 0 Å². The van der Waals surface area contributed by atoms with Crippen LogP contribution in [0.2, 0.25) is 10.0 Å². The molecule has 2 rings (SSSR count). The minimum absolute atomic E-state index is 0.571. The van der Waals surface area contributed by atoms with Crippen molar-refractivity contribution >= 4 is 23.2 Å². The highest BCUT2D eigenvalue weighted by atomic mass is 35.5. The minimum atomic E-state index is 0.571. The van der Waals surface area contributed by atoms with E-state index < -0.39 is 0 Å². The molecule has 0 heterocycles. The second-order valence-electron chi connectivity index (χ2n) is 2.88. The van der Waals surface area contributed by atoms with Crippen molar-refractivity contribution in [2.24, 2.45) is 0 Å². The molecule has 0 atom stereocenters. The molecule has 0 aliphatic carbocycles. The molecule has 0 unspecified atom stereocenters.